The number of halogens is 1. The van der Waals surface area contributed by atoms with Crippen molar-refractivity contribution in [3.05, 3.63) is 46.6 Å². The van der Waals surface area contributed by atoms with Crippen molar-refractivity contribution in [2.75, 3.05) is 12.4 Å². The fourth-order valence-corrected chi connectivity index (χ4v) is 2.12. The van der Waals surface area contributed by atoms with Gasteiger partial charge in [0.2, 0.25) is 0 Å². The highest BCUT2D eigenvalue weighted by atomic mass is 19.1. The Kier molecular flexibility index (Phi) is 2.26. The maximum absolute atomic E-state index is 13.3. The van der Waals surface area contributed by atoms with E-state index in [1.807, 2.05) is 0 Å². The molecule has 0 bridgehead atoms. The Balaban J connectivity index is 2.65. The third-order valence-corrected chi connectivity index (χ3v) is 2.91. The zero-order valence-electron chi connectivity index (χ0n) is 9.62. The molecular formula is C13H10FN3O. The number of anilines is 1. The molecule has 0 aliphatic rings. The molecule has 0 aliphatic carbocycles. The first kappa shape index (κ1) is 10.7. The molecule has 3 rings (SSSR count). The van der Waals surface area contributed by atoms with Gasteiger partial charge in [0.05, 0.1) is 10.9 Å². The van der Waals surface area contributed by atoms with Gasteiger partial charge in [-0.05, 0) is 24.3 Å². The van der Waals surface area contributed by atoms with Crippen LogP contribution in [0, 0.1) is 5.82 Å². The number of hydrogen-bond donors (Lipinski definition) is 2. The summed E-state index contributed by atoms with van der Waals surface area (Å²) < 4.78 is 13.3. The van der Waals surface area contributed by atoms with Gasteiger partial charge in [-0.1, -0.05) is 0 Å². The van der Waals surface area contributed by atoms with E-state index in [1.54, 1.807) is 25.4 Å². The van der Waals surface area contributed by atoms with Crippen LogP contribution in [0.25, 0.3) is 21.7 Å². The molecule has 0 aliphatic heterocycles. The Morgan fingerprint density at radius 1 is 1.28 bits per heavy atom. The van der Waals surface area contributed by atoms with Gasteiger partial charge in [-0.15, -0.1) is 0 Å². The van der Waals surface area contributed by atoms with Gasteiger partial charge in [0.15, 0.2) is 0 Å². The third-order valence-electron chi connectivity index (χ3n) is 2.91. The van der Waals surface area contributed by atoms with Crippen LogP contribution >= 0.6 is 0 Å². The molecule has 1 aromatic carbocycles. The number of rotatable bonds is 1. The second-order valence-corrected chi connectivity index (χ2v) is 3.97. The van der Waals surface area contributed by atoms with E-state index in [0.717, 1.165) is 0 Å². The van der Waals surface area contributed by atoms with Crippen molar-refractivity contribution in [2.24, 2.45) is 0 Å². The Morgan fingerprint density at radius 2 is 2.11 bits per heavy atom. The van der Waals surface area contributed by atoms with Crippen molar-refractivity contribution in [1.82, 2.24) is 9.97 Å². The molecule has 0 radical (unpaired) electrons. The molecule has 2 N–H and O–H groups in total. The maximum Gasteiger partial charge on any atom is 0.256 e. The van der Waals surface area contributed by atoms with Crippen LogP contribution in [0.2, 0.25) is 0 Å². The molecule has 0 unspecified atom stereocenters. The lowest BCUT2D eigenvalue weighted by Crippen LogP contribution is -2.07. The lowest BCUT2D eigenvalue weighted by atomic mass is 10.1. The largest absolute Gasteiger partial charge is 0.373 e. The number of nitrogens with one attached hydrogen (secondary N) is 2. The van der Waals surface area contributed by atoms with E-state index in [9.17, 15) is 9.18 Å². The number of pyridine rings is 2. The van der Waals surface area contributed by atoms with Gasteiger partial charge in [0.1, 0.15) is 11.6 Å². The van der Waals surface area contributed by atoms with Gasteiger partial charge >= 0.3 is 0 Å². The Labute approximate surface area is 101 Å². The fraction of sp³-hybridized carbons (Fsp3) is 0.0769. The second kappa shape index (κ2) is 3.80. The van der Waals surface area contributed by atoms with E-state index < -0.39 is 0 Å². The molecular weight excluding hydrogens is 233 g/mol. The van der Waals surface area contributed by atoms with Crippen LogP contribution in [0.4, 0.5) is 10.2 Å². The van der Waals surface area contributed by atoms with Gasteiger partial charge in [-0.2, -0.15) is 0 Å². The predicted octanol–water partition coefficient (Wildman–Crippen LogP) is 2.26. The summed E-state index contributed by atoms with van der Waals surface area (Å²) in [6, 6.07) is 5.98. The molecule has 2 aromatic heterocycles. The van der Waals surface area contributed by atoms with Crippen LogP contribution in [0.3, 0.4) is 0 Å². The lowest BCUT2D eigenvalue weighted by molar-refractivity contribution is 0.629. The van der Waals surface area contributed by atoms with Crippen LogP contribution < -0.4 is 10.9 Å². The van der Waals surface area contributed by atoms with E-state index in [4.69, 9.17) is 0 Å². The van der Waals surface area contributed by atoms with Gasteiger partial charge in [0.25, 0.3) is 5.56 Å². The van der Waals surface area contributed by atoms with Crippen molar-refractivity contribution >= 4 is 27.5 Å². The first-order valence-electron chi connectivity index (χ1n) is 5.49. The average molecular weight is 243 g/mol. The van der Waals surface area contributed by atoms with E-state index in [2.05, 4.69) is 15.3 Å². The highest BCUT2D eigenvalue weighted by Crippen LogP contribution is 2.26. The van der Waals surface area contributed by atoms with Crippen LogP contribution in [-0.4, -0.2) is 17.0 Å². The number of H-pyrrole nitrogens is 1. The molecule has 0 saturated carbocycles. The minimum atomic E-state index is -0.383. The second-order valence-electron chi connectivity index (χ2n) is 3.97. The number of aromatic amines is 1. The normalized spacial score (nSPS) is 11.0. The van der Waals surface area contributed by atoms with Crippen LogP contribution in [0.1, 0.15) is 0 Å². The summed E-state index contributed by atoms with van der Waals surface area (Å²) >= 11 is 0. The summed E-state index contributed by atoms with van der Waals surface area (Å²) in [7, 11) is 1.73. The minimum Gasteiger partial charge on any atom is -0.373 e. The highest BCUT2D eigenvalue weighted by Gasteiger charge is 2.10. The molecule has 0 saturated heterocycles. The Hall–Kier alpha value is -2.43. The molecule has 4 nitrogen and oxygen atoms in total. The number of hydrogen-bond acceptors (Lipinski definition) is 3. The topological polar surface area (TPSA) is 57.8 Å². The standard InChI is InChI=1S/C13H10FN3O/c1-15-12-8-4-5-16-13(18)11(8)9-6-7(14)2-3-10(9)17-12/h2-6H,1H3,(H,15,17)(H,16,18). The highest BCUT2D eigenvalue weighted by molar-refractivity contribution is 6.09. The molecule has 18 heavy (non-hydrogen) atoms. The van der Waals surface area contributed by atoms with E-state index >= 15 is 0 Å². The summed E-state index contributed by atoms with van der Waals surface area (Å²) in [6.45, 7) is 0. The molecule has 3 aromatic rings. The molecule has 0 spiro atoms. The first-order chi connectivity index (χ1) is 8.70. The van der Waals surface area contributed by atoms with E-state index in [-0.39, 0.29) is 11.4 Å². The molecule has 0 atom stereocenters. The Morgan fingerprint density at radius 3 is 2.89 bits per heavy atom. The average Bonchev–Trinajstić information content (AvgIpc) is 2.38. The molecule has 0 amide bonds. The third kappa shape index (κ3) is 1.44. The SMILES string of the molecule is CNc1nc2ccc(F)cc2c2c(=O)[nH]ccc12. The zero-order valence-corrected chi connectivity index (χ0v) is 9.62. The Bertz CT molecular complexity index is 810. The first-order valence-corrected chi connectivity index (χ1v) is 5.49. The van der Waals surface area contributed by atoms with Gasteiger partial charge < -0.3 is 10.3 Å². The zero-order chi connectivity index (χ0) is 12.7. The number of nitrogens with zero attached hydrogens (tertiary/aromatic N) is 1. The lowest BCUT2D eigenvalue weighted by Gasteiger charge is -2.08. The predicted molar refractivity (Wildman–Crippen MR) is 69.4 cm³/mol. The monoisotopic (exact) mass is 243 g/mol. The quantitative estimate of drug-likeness (QED) is 0.644. The maximum atomic E-state index is 13.3. The number of aromatic nitrogens is 2. The van der Waals surface area contributed by atoms with Crippen molar-refractivity contribution in [3.8, 4) is 0 Å². The summed E-state index contributed by atoms with van der Waals surface area (Å²) in [5.41, 5.74) is 0.340. The number of fused-ring (bicyclic) bond motifs is 3. The molecule has 0 fully saturated rings. The van der Waals surface area contributed by atoms with Gasteiger partial charge in [-0.3, -0.25) is 4.79 Å². The van der Waals surface area contributed by atoms with Crippen LogP contribution in [0.5, 0.6) is 0 Å². The van der Waals surface area contributed by atoms with Gasteiger partial charge in [0, 0.05) is 24.0 Å². The van der Waals surface area contributed by atoms with Crippen molar-refractivity contribution in [2.45, 2.75) is 0 Å². The smallest absolute Gasteiger partial charge is 0.256 e. The van der Waals surface area contributed by atoms with Crippen LogP contribution in [-0.2, 0) is 0 Å². The fourth-order valence-electron chi connectivity index (χ4n) is 2.12. The van der Waals surface area contributed by atoms with Crippen molar-refractivity contribution < 1.29 is 4.39 Å². The molecule has 90 valence electrons. The molecule has 2 heterocycles. The van der Waals surface area contributed by atoms with Crippen molar-refractivity contribution in [3.63, 3.8) is 0 Å². The van der Waals surface area contributed by atoms with Crippen molar-refractivity contribution in [1.29, 1.82) is 0 Å². The summed E-state index contributed by atoms with van der Waals surface area (Å²) in [4.78, 5) is 18.9. The summed E-state index contributed by atoms with van der Waals surface area (Å²) in [6.07, 6.45) is 1.55. The van der Waals surface area contributed by atoms with Gasteiger partial charge in [-0.25, -0.2) is 9.37 Å². The minimum absolute atomic E-state index is 0.248. The summed E-state index contributed by atoms with van der Waals surface area (Å²) in [5, 5.41) is 4.60. The number of benzene rings is 1. The van der Waals surface area contributed by atoms with E-state index in [0.29, 0.717) is 27.5 Å². The van der Waals surface area contributed by atoms with E-state index in [1.165, 1.54) is 12.1 Å². The van der Waals surface area contributed by atoms with Crippen LogP contribution in [0.15, 0.2) is 35.3 Å². The molecule has 5 heteroatoms. The summed E-state index contributed by atoms with van der Waals surface area (Å²) in [5.74, 6) is 0.223.